The van der Waals surface area contributed by atoms with E-state index in [4.69, 9.17) is 27.9 Å². The smallest absolute Gasteiger partial charge is 0.410 e. The molecule has 1 aliphatic heterocycles. The fourth-order valence-electron chi connectivity index (χ4n) is 3.54. The predicted molar refractivity (Wildman–Crippen MR) is 116 cm³/mol. The first-order valence-electron chi connectivity index (χ1n) is 9.16. The molecule has 3 rings (SSSR count). The summed E-state index contributed by atoms with van der Waals surface area (Å²) < 4.78 is 20.4. The first-order valence-corrected chi connectivity index (χ1v) is 10.7. The molecule has 0 saturated carbocycles. The minimum absolute atomic E-state index is 0.0597. The van der Waals surface area contributed by atoms with E-state index in [1.54, 1.807) is 11.0 Å². The van der Waals surface area contributed by atoms with E-state index < -0.39 is 11.4 Å². The minimum Gasteiger partial charge on any atom is -0.444 e. The Hall–Kier alpha value is -1.38. The molecule has 10 heteroatoms. The molecule has 1 saturated heterocycles. The lowest BCUT2D eigenvalue weighted by atomic mass is 10.1. The highest BCUT2D eigenvalue weighted by molar-refractivity contribution is 9.10. The van der Waals surface area contributed by atoms with Gasteiger partial charge in [0.25, 0.3) is 0 Å². The maximum atomic E-state index is 14.7. The van der Waals surface area contributed by atoms with Gasteiger partial charge in [0.15, 0.2) is 5.82 Å². The second-order valence-corrected chi connectivity index (χ2v) is 9.73. The number of hydrogen-bond acceptors (Lipinski definition) is 5. The lowest BCUT2D eigenvalue weighted by Crippen LogP contribution is -2.59. The Labute approximate surface area is 187 Å². The van der Waals surface area contributed by atoms with Crippen molar-refractivity contribution in [2.45, 2.75) is 52.3 Å². The zero-order chi connectivity index (χ0) is 21.7. The highest BCUT2D eigenvalue weighted by Crippen LogP contribution is 2.36. The van der Waals surface area contributed by atoms with Gasteiger partial charge in [0.2, 0.25) is 5.28 Å². The van der Waals surface area contributed by atoms with Crippen LogP contribution < -0.4 is 4.90 Å². The molecule has 29 heavy (non-hydrogen) atoms. The van der Waals surface area contributed by atoms with Crippen LogP contribution in [0, 0.1) is 5.82 Å². The Morgan fingerprint density at radius 2 is 1.83 bits per heavy atom. The zero-order valence-corrected chi connectivity index (χ0v) is 19.9. The maximum absolute atomic E-state index is 14.7. The molecule has 158 valence electrons. The average molecular weight is 508 g/mol. The van der Waals surface area contributed by atoms with Crippen molar-refractivity contribution >= 4 is 61.9 Å². The molecule has 0 bridgehead atoms. The number of anilines is 1. The van der Waals surface area contributed by atoms with Gasteiger partial charge in [-0.15, -0.1) is 0 Å². The van der Waals surface area contributed by atoms with Crippen LogP contribution in [0.5, 0.6) is 0 Å². The van der Waals surface area contributed by atoms with Crippen molar-refractivity contribution in [1.82, 2.24) is 14.9 Å². The molecule has 6 nitrogen and oxygen atoms in total. The van der Waals surface area contributed by atoms with Crippen LogP contribution in [0.3, 0.4) is 0 Å². The molecule has 0 aliphatic carbocycles. The van der Waals surface area contributed by atoms with E-state index in [2.05, 4.69) is 25.9 Å². The number of rotatable bonds is 1. The molecule has 1 fully saturated rings. The number of aromatic nitrogens is 2. The van der Waals surface area contributed by atoms with Crippen molar-refractivity contribution in [1.29, 1.82) is 0 Å². The van der Waals surface area contributed by atoms with Gasteiger partial charge in [-0.25, -0.2) is 14.2 Å². The van der Waals surface area contributed by atoms with Crippen LogP contribution in [0.2, 0.25) is 10.3 Å². The predicted octanol–water partition coefficient (Wildman–Crippen LogP) is 5.67. The molecule has 0 N–H and O–H groups in total. The standard InChI is InChI=1S/C19H22BrCl2FN4O2/c1-9-7-26(8-10(2)27(9)18(28)29-19(3,4)5)16-11-6-12(21)13(20)14(23)15(11)24-17(22)25-16/h6,9-10H,7-8H2,1-5H3/t9-,10+. The van der Waals surface area contributed by atoms with E-state index in [9.17, 15) is 9.18 Å². The molecule has 1 amide bonds. The number of halogens is 4. The molecule has 0 radical (unpaired) electrons. The van der Waals surface area contributed by atoms with Crippen LogP contribution >= 0.6 is 39.1 Å². The number of carbonyl (C=O) groups is 1. The van der Waals surface area contributed by atoms with Crippen molar-refractivity contribution < 1.29 is 13.9 Å². The molecule has 1 aromatic carbocycles. The van der Waals surface area contributed by atoms with Gasteiger partial charge in [-0.05, 0) is 68.2 Å². The van der Waals surface area contributed by atoms with Gasteiger partial charge in [-0.1, -0.05) is 11.6 Å². The Kier molecular flexibility index (Phi) is 6.18. The van der Waals surface area contributed by atoms with Crippen molar-refractivity contribution in [2.75, 3.05) is 18.0 Å². The number of hydrogen-bond donors (Lipinski definition) is 0. The van der Waals surface area contributed by atoms with Crippen LogP contribution in [0.25, 0.3) is 10.9 Å². The van der Waals surface area contributed by atoms with Gasteiger partial charge >= 0.3 is 6.09 Å². The fraction of sp³-hybridized carbons (Fsp3) is 0.526. The first-order chi connectivity index (χ1) is 13.4. The molecule has 2 heterocycles. The first kappa shape index (κ1) is 22.3. The number of carbonyl (C=O) groups excluding carboxylic acids is 1. The maximum Gasteiger partial charge on any atom is 0.410 e. The summed E-state index contributed by atoms with van der Waals surface area (Å²) in [5, 5.41) is 0.622. The summed E-state index contributed by atoms with van der Waals surface area (Å²) in [6.45, 7) is 10.3. The summed E-state index contributed by atoms with van der Waals surface area (Å²) >= 11 is 15.4. The number of piperazine rings is 1. The van der Waals surface area contributed by atoms with Crippen molar-refractivity contribution in [3.05, 3.63) is 26.7 Å². The number of benzene rings is 1. The molecule has 2 atom stereocenters. The summed E-state index contributed by atoms with van der Waals surface area (Å²) in [6, 6.07) is 1.30. The molecule has 2 aromatic rings. The normalized spacial score (nSPS) is 20.3. The van der Waals surface area contributed by atoms with E-state index in [0.29, 0.717) is 24.3 Å². The third-order valence-corrected chi connectivity index (χ3v) is 6.07. The monoisotopic (exact) mass is 506 g/mol. The van der Waals surface area contributed by atoms with Crippen molar-refractivity contribution in [3.63, 3.8) is 0 Å². The summed E-state index contributed by atoms with van der Waals surface area (Å²) in [5.74, 6) is -0.109. The van der Waals surface area contributed by atoms with E-state index in [1.807, 2.05) is 39.5 Å². The number of nitrogens with zero attached hydrogens (tertiary/aromatic N) is 4. The number of amides is 1. The highest BCUT2D eigenvalue weighted by atomic mass is 79.9. The highest BCUT2D eigenvalue weighted by Gasteiger charge is 2.36. The van der Waals surface area contributed by atoms with Crippen molar-refractivity contribution in [2.24, 2.45) is 0 Å². The zero-order valence-electron chi connectivity index (χ0n) is 16.8. The average Bonchev–Trinajstić information content (AvgIpc) is 2.58. The lowest BCUT2D eigenvalue weighted by Gasteiger charge is -2.45. The topological polar surface area (TPSA) is 58.6 Å². The van der Waals surface area contributed by atoms with Crippen LogP contribution in [0.1, 0.15) is 34.6 Å². The van der Waals surface area contributed by atoms with Crippen LogP contribution in [0.4, 0.5) is 15.0 Å². The SMILES string of the molecule is C[C@@H]1CN(c2nc(Cl)nc3c(F)c(Br)c(Cl)cc23)C[C@H](C)N1C(=O)OC(C)(C)C. The second-order valence-electron chi connectivity index (χ2n) is 8.19. The van der Waals surface area contributed by atoms with Crippen LogP contribution in [-0.2, 0) is 4.74 Å². The second kappa shape index (κ2) is 8.04. The van der Waals surface area contributed by atoms with Gasteiger partial charge in [-0.2, -0.15) is 4.98 Å². The Morgan fingerprint density at radius 1 is 1.24 bits per heavy atom. The van der Waals surface area contributed by atoms with Gasteiger partial charge < -0.3 is 9.64 Å². The summed E-state index contributed by atoms with van der Waals surface area (Å²) in [7, 11) is 0. The fourth-order valence-corrected chi connectivity index (χ4v) is 4.20. The molecule has 0 spiro atoms. The molecule has 1 aliphatic rings. The van der Waals surface area contributed by atoms with Gasteiger partial charge in [0.1, 0.15) is 16.9 Å². The van der Waals surface area contributed by atoms with Crippen molar-refractivity contribution in [3.8, 4) is 0 Å². The quantitative estimate of drug-likeness (QED) is 0.367. The summed E-state index contributed by atoms with van der Waals surface area (Å²) in [6.07, 6.45) is -0.360. The Balaban J connectivity index is 1.97. The molecular formula is C19H22BrCl2FN4O2. The molecule has 0 unspecified atom stereocenters. The number of ether oxygens (including phenoxy) is 1. The third-order valence-electron chi connectivity index (χ3n) is 4.60. The van der Waals surface area contributed by atoms with Gasteiger partial charge in [-0.3, -0.25) is 4.90 Å². The molecule has 1 aromatic heterocycles. The number of fused-ring (bicyclic) bond motifs is 1. The molecular weight excluding hydrogens is 486 g/mol. The Morgan fingerprint density at radius 3 is 2.38 bits per heavy atom. The van der Waals surface area contributed by atoms with E-state index >= 15 is 0 Å². The Bertz CT molecular complexity index is 958. The summed E-state index contributed by atoms with van der Waals surface area (Å²) in [5.41, 5.74) is -0.489. The largest absolute Gasteiger partial charge is 0.444 e. The summed E-state index contributed by atoms with van der Waals surface area (Å²) in [4.78, 5) is 24.7. The van der Waals surface area contributed by atoms with Gasteiger partial charge in [0.05, 0.1) is 21.6 Å². The van der Waals surface area contributed by atoms with Crippen LogP contribution in [-0.4, -0.2) is 51.7 Å². The lowest BCUT2D eigenvalue weighted by molar-refractivity contribution is 0.00562. The van der Waals surface area contributed by atoms with Crippen LogP contribution in [0.15, 0.2) is 10.5 Å². The van der Waals surface area contributed by atoms with E-state index in [1.165, 1.54) is 0 Å². The van der Waals surface area contributed by atoms with Gasteiger partial charge in [0, 0.05) is 18.5 Å². The minimum atomic E-state index is -0.591. The third kappa shape index (κ3) is 4.54. The van der Waals surface area contributed by atoms with E-state index in [-0.39, 0.29) is 38.5 Å². The van der Waals surface area contributed by atoms with E-state index in [0.717, 1.165) is 0 Å².